The number of sulfone groups is 1. The van der Waals surface area contributed by atoms with E-state index in [2.05, 4.69) is 0 Å². The van der Waals surface area contributed by atoms with Crippen molar-refractivity contribution in [3.63, 3.8) is 0 Å². The van der Waals surface area contributed by atoms with Crippen molar-refractivity contribution in [1.29, 1.82) is 5.41 Å². The van der Waals surface area contributed by atoms with Crippen LogP contribution in [-0.4, -0.2) is 57.3 Å². The van der Waals surface area contributed by atoms with Gasteiger partial charge < -0.3 is 5.73 Å². The predicted molar refractivity (Wildman–Crippen MR) is 67.3 cm³/mol. The Morgan fingerprint density at radius 3 is 2.00 bits per heavy atom. The quantitative estimate of drug-likeness (QED) is 0.459. The third kappa shape index (κ3) is 6.59. The molecule has 0 bridgehead atoms. The summed E-state index contributed by atoms with van der Waals surface area (Å²) in [6, 6.07) is -0.372. The average Bonchev–Trinajstić information content (AvgIpc) is 2.09. The lowest BCUT2D eigenvalue weighted by molar-refractivity contribution is 0.390. The highest BCUT2D eigenvalue weighted by Gasteiger charge is 2.26. The number of sulfonamides is 1. The molecular weight excluding hydrogens is 266 g/mol. The van der Waals surface area contributed by atoms with Crippen LogP contribution in [0.4, 0.5) is 0 Å². The summed E-state index contributed by atoms with van der Waals surface area (Å²) in [6.07, 6.45) is 0.979. The number of nitrogens with two attached hydrogens (primary N) is 1. The molecule has 0 aliphatic rings. The Labute approximate surface area is 102 Å². The van der Waals surface area contributed by atoms with Gasteiger partial charge in [-0.1, -0.05) is 0 Å². The first kappa shape index (κ1) is 16.3. The van der Waals surface area contributed by atoms with Gasteiger partial charge >= 0.3 is 0 Å². The number of amidine groups is 1. The van der Waals surface area contributed by atoms with Crippen molar-refractivity contribution in [3.8, 4) is 0 Å². The second-order valence-electron chi connectivity index (χ2n) is 4.11. The van der Waals surface area contributed by atoms with Gasteiger partial charge in [0.25, 0.3) is 0 Å². The van der Waals surface area contributed by atoms with Crippen LogP contribution in [0.3, 0.4) is 0 Å². The maximum absolute atomic E-state index is 11.9. The summed E-state index contributed by atoms with van der Waals surface area (Å²) in [5, 5.41) is 7.11. The lowest BCUT2D eigenvalue weighted by Gasteiger charge is -2.25. The van der Waals surface area contributed by atoms with Gasteiger partial charge in [-0.25, -0.2) is 16.8 Å². The highest BCUT2D eigenvalue weighted by molar-refractivity contribution is 7.93. The minimum absolute atomic E-state index is 0.218. The van der Waals surface area contributed by atoms with Gasteiger partial charge in [0.1, 0.15) is 15.7 Å². The normalized spacial score (nSPS) is 13.2. The fourth-order valence-corrected chi connectivity index (χ4v) is 4.41. The van der Waals surface area contributed by atoms with Crippen LogP contribution in [0.2, 0.25) is 0 Å². The Morgan fingerprint density at radius 2 is 1.71 bits per heavy atom. The minimum Gasteiger partial charge on any atom is -0.387 e. The van der Waals surface area contributed by atoms with Crippen molar-refractivity contribution in [2.75, 3.05) is 24.3 Å². The molecule has 0 radical (unpaired) electrons. The molecule has 0 aromatic heterocycles. The first-order valence-corrected chi connectivity index (χ1v) is 8.63. The second kappa shape index (κ2) is 5.78. The van der Waals surface area contributed by atoms with Crippen LogP contribution >= 0.6 is 0 Å². The van der Waals surface area contributed by atoms with Crippen LogP contribution in [0.1, 0.15) is 13.8 Å². The summed E-state index contributed by atoms with van der Waals surface area (Å²) in [6.45, 7) is 3.06. The summed E-state index contributed by atoms with van der Waals surface area (Å²) in [7, 11) is -7.05. The second-order valence-corrected chi connectivity index (χ2v) is 8.41. The third-order valence-electron chi connectivity index (χ3n) is 1.97. The van der Waals surface area contributed by atoms with E-state index in [1.54, 1.807) is 13.8 Å². The lowest BCUT2D eigenvalue weighted by atomic mass is 10.4. The Morgan fingerprint density at radius 1 is 1.24 bits per heavy atom. The Balaban J connectivity index is 4.91. The van der Waals surface area contributed by atoms with Crippen molar-refractivity contribution in [2.45, 2.75) is 19.9 Å². The molecule has 0 heterocycles. The van der Waals surface area contributed by atoms with Gasteiger partial charge in [0.15, 0.2) is 0 Å². The van der Waals surface area contributed by atoms with Gasteiger partial charge in [-0.15, -0.1) is 0 Å². The predicted octanol–water partition coefficient (Wildman–Crippen LogP) is -0.993. The van der Waals surface area contributed by atoms with Crippen molar-refractivity contribution in [1.82, 2.24) is 4.31 Å². The molecule has 17 heavy (non-hydrogen) atoms. The van der Waals surface area contributed by atoms with Gasteiger partial charge in [0.05, 0.1) is 18.1 Å². The fourth-order valence-electron chi connectivity index (χ4n) is 1.14. The van der Waals surface area contributed by atoms with E-state index in [9.17, 15) is 16.8 Å². The molecule has 7 nitrogen and oxygen atoms in total. The number of nitrogens with zero attached hydrogens (tertiary/aromatic N) is 1. The minimum atomic E-state index is -3.72. The zero-order valence-corrected chi connectivity index (χ0v) is 11.8. The number of hydrogen-bond donors (Lipinski definition) is 2. The van der Waals surface area contributed by atoms with Crippen molar-refractivity contribution in [2.24, 2.45) is 5.73 Å². The highest BCUT2D eigenvalue weighted by Crippen LogP contribution is 2.07. The monoisotopic (exact) mass is 285 g/mol. The zero-order valence-electron chi connectivity index (χ0n) is 10.2. The number of hydrogen-bond acceptors (Lipinski definition) is 5. The molecule has 0 saturated carbocycles. The lowest BCUT2D eigenvalue weighted by Crippen LogP contribution is -2.44. The SMILES string of the molecule is CC(C)N(CC(=N)N)S(=O)(=O)CCS(C)(=O)=O. The molecular formula is C8H19N3O4S2. The third-order valence-corrected chi connectivity index (χ3v) is 5.16. The van der Waals surface area contributed by atoms with E-state index >= 15 is 0 Å². The molecule has 0 fully saturated rings. The van der Waals surface area contributed by atoms with Crippen LogP contribution in [-0.2, 0) is 19.9 Å². The van der Waals surface area contributed by atoms with Gasteiger partial charge in [-0.3, -0.25) is 5.41 Å². The molecule has 0 aliphatic heterocycles. The highest BCUT2D eigenvalue weighted by atomic mass is 32.2. The molecule has 0 atom stereocenters. The summed E-state index contributed by atoms with van der Waals surface area (Å²) < 4.78 is 46.6. The van der Waals surface area contributed by atoms with E-state index < -0.39 is 31.4 Å². The van der Waals surface area contributed by atoms with Gasteiger partial charge in [-0.2, -0.15) is 4.31 Å². The molecule has 0 amide bonds. The Bertz CT molecular complexity index is 467. The van der Waals surface area contributed by atoms with E-state index in [0.29, 0.717) is 0 Å². The molecule has 0 rings (SSSR count). The average molecular weight is 285 g/mol. The van der Waals surface area contributed by atoms with E-state index in [4.69, 9.17) is 11.1 Å². The zero-order chi connectivity index (χ0) is 13.9. The van der Waals surface area contributed by atoms with Gasteiger partial charge in [0, 0.05) is 12.3 Å². The summed E-state index contributed by atoms with van der Waals surface area (Å²) in [4.78, 5) is 0. The van der Waals surface area contributed by atoms with Crippen molar-refractivity contribution >= 4 is 25.7 Å². The number of rotatable bonds is 7. The Kier molecular flexibility index (Phi) is 5.56. The first-order valence-electron chi connectivity index (χ1n) is 4.96. The molecule has 0 aromatic carbocycles. The molecule has 102 valence electrons. The van der Waals surface area contributed by atoms with Gasteiger partial charge in [0.2, 0.25) is 10.0 Å². The summed E-state index contributed by atoms with van der Waals surface area (Å²) in [5.41, 5.74) is 5.17. The molecule has 0 aliphatic carbocycles. The van der Waals surface area contributed by atoms with E-state index in [0.717, 1.165) is 10.6 Å². The van der Waals surface area contributed by atoms with E-state index in [-0.39, 0.29) is 18.4 Å². The van der Waals surface area contributed by atoms with Gasteiger partial charge in [-0.05, 0) is 13.8 Å². The molecule has 0 unspecified atom stereocenters. The number of nitrogens with one attached hydrogen (secondary N) is 1. The first-order chi connectivity index (χ1) is 7.46. The van der Waals surface area contributed by atoms with Crippen molar-refractivity contribution in [3.05, 3.63) is 0 Å². The molecule has 0 spiro atoms. The standard InChI is InChI=1S/C8H19N3O4S2/c1-7(2)11(6-8(9)10)17(14,15)5-4-16(3,12)13/h7H,4-6H2,1-3H3,(H3,9,10). The van der Waals surface area contributed by atoms with Crippen LogP contribution in [0.25, 0.3) is 0 Å². The van der Waals surface area contributed by atoms with Crippen molar-refractivity contribution < 1.29 is 16.8 Å². The van der Waals surface area contributed by atoms with Crippen LogP contribution in [0.15, 0.2) is 0 Å². The smallest absolute Gasteiger partial charge is 0.215 e. The largest absolute Gasteiger partial charge is 0.387 e. The van der Waals surface area contributed by atoms with Crippen LogP contribution < -0.4 is 5.73 Å². The molecule has 0 saturated heterocycles. The Hall–Kier alpha value is -0.670. The maximum atomic E-state index is 11.9. The van der Waals surface area contributed by atoms with Crippen LogP contribution in [0.5, 0.6) is 0 Å². The molecule has 3 N–H and O–H groups in total. The molecule has 9 heteroatoms. The van der Waals surface area contributed by atoms with E-state index in [1.807, 2.05) is 0 Å². The summed E-state index contributed by atoms with van der Waals surface area (Å²) in [5.74, 6) is -1.20. The van der Waals surface area contributed by atoms with Crippen LogP contribution in [0, 0.1) is 5.41 Å². The topological polar surface area (TPSA) is 121 Å². The maximum Gasteiger partial charge on any atom is 0.215 e. The summed E-state index contributed by atoms with van der Waals surface area (Å²) >= 11 is 0. The molecule has 0 aromatic rings. The fraction of sp³-hybridized carbons (Fsp3) is 0.875. The van der Waals surface area contributed by atoms with E-state index in [1.165, 1.54) is 0 Å².